The van der Waals surface area contributed by atoms with Crippen LogP contribution in [0.15, 0.2) is 0 Å². The summed E-state index contributed by atoms with van der Waals surface area (Å²) in [7, 11) is 1.19. The summed E-state index contributed by atoms with van der Waals surface area (Å²) in [6.45, 7) is 1.86. The predicted octanol–water partition coefficient (Wildman–Crippen LogP) is -0.148. The highest BCUT2D eigenvalue weighted by molar-refractivity contribution is 5.86. The quantitative estimate of drug-likeness (QED) is 0.566. The van der Waals surface area contributed by atoms with Gasteiger partial charge in [0.15, 0.2) is 0 Å². The van der Waals surface area contributed by atoms with Gasteiger partial charge in [0.1, 0.15) is 6.04 Å². The highest BCUT2D eigenvalue weighted by Gasteiger charge is 2.21. The molecule has 0 fully saturated rings. The number of ether oxygens (including phenoxy) is 2. The van der Waals surface area contributed by atoms with Crippen molar-refractivity contribution in [2.75, 3.05) is 13.7 Å². The summed E-state index contributed by atoms with van der Waals surface area (Å²) in [6, 6.07) is -1.19. The maximum absolute atomic E-state index is 11.5. The van der Waals surface area contributed by atoms with Gasteiger partial charge in [-0.25, -0.2) is 4.79 Å². The smallest absolute Gasteiger partial charge is 0.326 e. The van der Waals surface area contributed by atoms with E-state index < -0.39 is 29.9 Å². The maximum Gasteiger partial charge on any atom is 0.326 e. The Kier molecular flexibility index (Phi) is 8.73. The topological polar surface area (TPSA) is 119 Å². The summed E-state index contributed by atoms with van der Waals surface area (Å²) >= 11 is 0. The van der Waals surface area contributed by atoms with Crippen LogP contribution in [0.4, 0.5) is 0 Å². The monoisotopic (exact) mass is 289 g/mol. The minimum absolute atomic E-state index is 0.0762. The zero-order valence-electron chi connectivity index (χ0n) is 11.5. The largest absolute Gasteiger partial charge is 0.480 e. The van der Waals surface area contributed by atoms with Crippen molar-refractivity contribution in [1.82, 2.24) is 5.32 Å². The Hall–Kier alpha value is -2.12. The SMILES string of the molecule is CCOC(=O)CCC(=O)NC(CCC(=O)OC)C(=O)O. The number of carbonyl (C=O) groups excluding carboxylic acids is 3. The third kappa shape index (κ3) is 8.06. The number of methoxy groups -OCH3 is 1. The molecule has 8 nitrogen and oxygen atoms in total. The van der Waals surface area contributed by atoms with Crippen LogP contribution in [-0.4, -0.2) is 48.7 Å². The van der Waals surface area contributed by atoms with E-state index >= 15 is 0 Å². The number of hydrogen-bond donors (Lipinski definition) is 2. The second kappa shape index (κ2) is 9.76. The molecule has 0 aliphatic carbocycles. The molecule has 0 bridgehead atoms. The third-order valence-electron chi connectivity index (χ3n) is 2.36. The normalized spacial score (nSPS) is 11.3. The fourth-order valence-electron chi connectivity index (χ4n) is 1.34. The van der Waals surface area contributed by atoms with Gasteiger partial charge in [-0.05, 0) is 13.3 Å². The van der Waals surface area contributed by atoms with Crippen LogP contribution >= 0.6 is 0 Å². The van der Waals surface area contributed by atoms with Crippen LogP contribution in [0, 0.1) is 0 Å². The van der Waals surface area contributed by atoms with Crippen LogP contribution in [0.25, 0.3) is 0 Å². The lowest BCUT2D eigenvalue weighted by Crippen LogP contribution is -2.41. The van der Waals surface area contributed by atoms with Crippen LogP contribution < -0.4 is 5.32 Å². The molecule has 1 atom stereocenters. The Balaban J connectivity index is 4.17. The molecule has 114 valence electrons. The highest BCUT2D eigenvalue weighted by Crippen LogP contribution is 2.01. The minimum atomic E-state index is -1.25. The predicted molar refractivity (Wildman–Crippen MR) is 66.7 cm³/mol. The van der Waals surface area contributed by atoms with E-state index in [2.05, 4.69) is 14.8 Å². The maximum atomic E-state index is 11.5. The third-order valence-corrected chi connectivity index (χ3v) is 2.36. The van der Waals surface area contributed by atoms with E-state index in [1.807, 2.05) is 0 Å². The van der Waals surface area contributed by atoms with Crippen molar-refractivity contribution in [2.24, 2.45) is 0 Å². The summed E-state index contributed by atoms with van der Waals surface area (Å²) in [5.41, 5.74) is 0. The average Bonchev–Trinajstić information content (AvgIpc) is 2.40. The zero-order valence-corrected chi connectivity index (χ0v) is 11.5. The van der Waals surface area contributed by atoms with Gasteiger partial charge < -0.3 is 19.9 Å². The molecule has 0 aliphatic heterocycles. The standard InChI is InChI=1S/C12H19NO7/c1-3-20-11(16)7-5-9(14)13-8(12(17)18)4-6-10(15)19-2/h8H,3-7H2,1-2H3,(H,13,14)(H,17,18). The van der Waals surface area contributed by atoms with E-state index in [9.17, 15) is 19.2 Å². The molecule has 0 rings (SSSR count). The van der Waals surface area contributed by atoms with Gasteiger partial charge in [-0.15, -0.1) is 0 Å². The molecule has 0 spiro atoms. The lowest BCUT2D eigenvalue weighted by molar-refractivity contribution is -0.145. The number of carbonyl (C=O) groups is 4. The Morgan fingerprint density at radius 3 is 2.25 bits per heavy atom. The fraction of sp³-hybridized carbons (Fsp3) is 0.667. The van der Waals surface area contributed by atoms with Crippen LogP contribution in [0.2, 0.25) is 0 Å². The van der Waals surface area contributed by atoms with Crippen LogP contribution in [0.3, 0.4) is 0 Å². The molecule has 1 unspecified atom stereocenters. The van der Waals surface area contributed by atoms with Crippen molar-refractivity contribution in [3.63, 3.8) is 0 Å². The van der Waals surface area contributed by atoms with Crippen molar-refractivity contribution in [3.8, 4) is 0 Å². The Morgan fingerprint density at radius 1 is 1.10 bits per heavy atom. The molecule has 8 heteroatoms. The molecular formula is C12H19NO7. The molecule has 0 aliphatic rings. The molecule has 0 aromatic carbocycles. The van der Waals surface area contributed by atoms with Gasteiger partial charge in [0.05, 0.1) is 20.1 Å². The molecule has 0 radical (unpaired) electrons. The van der Waals surface area contributed by atoms with E-state index in [1.54, 1.807) is 6.92 Å². The number of nitrogens with one attached hydrogen (secondary N) is 1. The molecule has 20 heavy (non-hydrogen) atoms. The minimum Gasteiger partial charge on any atom is -0.480 e. The number of carboxylic acid groups (broad SMARTS) is 1. The molecule has 0 aromatic heterocycles. The Bertz CT molecular complexity index is 367. The zero-order chi connectivity index (χ0) is 15.5. The first kappa shape index (κ1) is 17.9. The molecule has 0 saturated heterocycles. The van der Waals surface area contributed by atoms with Gasteiger partial charge in [-0.2, -0.15) is 0 Å². The number of rotatable bonds is 9. The van der Waals surface area contributed by atoms with Crippen molar-refractivity contribution in [3.05, 3.63) is 0 Å². The first-order chi connectivity index (χ1) is 9.40. The van der Waals surface area contributed by atoms with Crippen molar-refractivity contribution >= 4 is 23.8 Å². The number of aliphatic carboxylic acids is 1. The van der Waals surface area contributed by atoms with Gasteiger partial charge in [0.25, 0.3) is 0 Å². The molecule has 1 amide bonds. The van der Waals surface area contributed by atoms with Gasteiger partial charge >= 0.3 is 17.9 Å². The van der Waals surface area contributed by atoms with Gasteiger partial charge in [-0.3, -0.25) is 14.4 Å². The van der Waals surface area contributed by atoms with Crippen molar-refractivity contribution < 1.29 is 33.8 Å². The number of esters is 2. The molecule has 2 N–H and O–H groups in total. The van der Waals surface area contributed by atoms with E-state index in [-0.39, 0.29) is 32.3 Å². The lowest BCUT2D eigenvalue weighted by Gasteiger charge is -2.13. The summed E-state index contributed by atoms with van der Waals surface area (Å²) in [6.07, 6.45) is -0.484. The highest BCUT2D eigenvalue weighted by atomic mass is 16.5. The second-order valence-electron chi connectivity index (χ2n) is 3.88. The second-order valence-corrected chi connectivity index (χ2v) is 3.88. The van der Waals surface area contributed by atoms with E-state index in [0.717, 1.165) is 0 Å². The number of amides is 1. The summed E-state index contributed by atoms with van der Waals surface area (Å²) in [5, 5.41) is 11.2. The molecule has 0 saturated carbocycles. The van der Waals surface area contributed by atoms with E-state index in [4.69, 9.17) is 5.11 Å². The van der Waals surface area contributed by atoms with Crippen LogP contribution in [0.5, 0.6) is 0 Å². The average molecular weight is 289 g/mol. The summed E-state index contributed by atoms with van der Waals surface area (Å²) in [5.74, 6) is -2.92. The number of carboxylic acids is 1. The molecule has 0 heterocycles. The molecular weight excluding hydrogens is 270 g/mol. The number of hydrogen-bond acceptors (Lipinski definition) is 6. The molecule has 0 aromatic rings. The first-order valence-electron chi connectivity index (χ1n) is 6.15. The van der Waals surface area contributed by atoms with E-state index in [1.165, 1.54) is 7.11 Å². The van der Waals surface area contributed by atoms with E-state index in [0.29, 0.717) is 0 Å². The summed E-state index contributed by atoms with van der Waals surface area (Å²) in [4.78, 5) is 44.4. The van der Waals surface area contributed by atoms with Crippen molar-refractivity contribution in [2.45, 2.75) is 38.6 Å². The Labute approximate surface area is 116 Å². The van der Waals surface area contributed by atoms with Gasteiger partial charge in [0, 0.05) is 12.8 Å². The fourth-order valence-corrected chi connectivity index (χ4v) is 1.34. The van der Waals surface area contributed by atoms with Gasteiger partial charge in [-0.1, -0.05) is 0 Å². The van der Waals surface area contributed by atoms with Crippen molar-refractivity contribution in [1.29, 1.82) is 0 Å². The van der Waals surface area contributed by atoms with Crippen LogP contribution in [0.1, 0.15) is 32.6 Å². The lowest BCUT2D eigenvalue weighted by atomic mass is 10.1. The van der Waals surface area contributed by atoms with Gasteiger partial charge in [0.2, 0.25) is 5.91 Å². The van der Waals surface area contributed by atoms with Crippen LogP contribution in [-0.2, 0) is 28.7 Å². The first-order valence-corrected chi connectivity index (χ1v) is 6.15. The summed E-state index contributed by atoms with van der Waals surface area (Å²) < 4.78 is 9.03. The Morgan fingerprint density at radius 2 is 1.75 bits per heavy atom.